The van der Waals surface area contributed by atoms with Crippen LogP contribution in [0.3, 0.4) is 0 Å². The van der Waals surface area contributed by atoms with Crippen LogP contribution in [0.5, 0.6) is 11.5 Å². The van der Waals surface area contributed by atoms with E-state index in [2.05, 4.69) is 10.6 Å². The predicted molar refractivity (Wildman–Crippen MR) is 284 cm³/mol. The molecule has 3 aliphatic rings. The number of benzene rings is 5. The maximum absolute atomic E-state index is 14.2. The average Bonchev–Trinajstić information content (AvgIpc) is 4.14. The van der Waals surface area contributed by atoms with Crippen LogP contribution >= 0.6 is 10.9 Å². The van der Waals surface area contributed by atoms with Crippen LogP contribution in [0.15, 0.2) is 119 Å². The van der Waals surface area contributed by atoms with Gasteiger partial charge in [-0.2, -0.15) is 8.42 Å². The van der Waals surface area contributed by atoms with E-state index in [1.807, 2.05) is 12.1 Å². The van der Waals surface area contributed by atoms with Gasteiger partial charge in [-0.3, -0.25) is 14.1 Å². The zero-order valence-corrected chi connectivity index (χ0v) is 43.3. The van der Waals surface area contributed by atoms with Gasteiger partial charge in [0.1, 0.15) is 22.4 Å². The molecule has 0 fully saturated rings. The van der Waals surface area contributed by atoms with Gasteiger partial charge in [-0.1, -0.05) is 54.6 Å². The first-order valence-electron chi connectivity index (χ1n) is 24.2. The number of nitrogens with zero attached hydrogens (tertiary/aromatic N) is 8. The van der Waals surface area contributed by atoms with E-state index in [1.165, 1.54) is 24.3 Å². The molecule has 8 aromatic rings. The summed E-state index contributed by atoms with van der Waals surface area (Å²) in [5, 5.41) is 26.1. The Hall–Kier alpha value is -7.86. The minimum Gasteiger partial charge on any atom is -0.508 e. The van der Waals surface area contributed by atoms with E-state index in [9.17, 15) is 46.4 Å². The number of aromatic hydroxyl groups is 2. The maximum Gasteiger partial charge on any atom is 2.00 e. The molecule has 77 heavy (non-hydrogen) atoms. The van der Waals surface area contributed by atoms with Gasteiger partial charge in [0.2, 0.25) is 0 Å². The third-order valence-corrected chi connectivity index (χ3v) is 15.2. The molecule has 20 nitrogen and oxygen atoms in total. The van der Waals surface area contributed by atoms with Gasteiger partial charge >= 0.3 is 17.1 Å². The summed E-state index contributed by atoms with van der Waals surface area (Å²) < 4.78 is 66.6. The molecule has 8 bridgehead atoms. The molecule has 11 rings (SSSR count). The molecule has 2 aliphatic heterocycles. The summed E-state index contributed by atoms with van der Waals surface area (Å²) in [6.07, 6.45) is 5.57. The minimum absolute atomic E-state index is 0. The van der Waals surface area contributed by atoms with Crippen molar-refractivity contribution in [1.82, 2.24) is 50.5 Å². The number of rotatable bonds is 14. The Balaban J connectivity index is 0.00000672. The van der Waals surface area contributed by atoms with Gasteiger partial charge < -0.3 is 64.4 Å². The number of aromatic nitrogens is 8. The van der Waals surface area contributed by atoms with E-state index in [-0.39, 0.29) is 115 Å². The number of phenols is 2. The SMILES string of the molecule is O=C(NCCCCc1cccc(O)c1)c1ccc2c(c1)-c1nc-2nc2[n-]c(nc3nc(nc4[n-]c(n1)c1cc(S(=O)(=O)O)ccc41)-c1c(C(=O)NCCCCc4cccc(O)c4)cccc1-3)c1c2CC(S(O)(O)O)=CC1.[Fe+2]. The van der Waals surface area contributed by atoms with E-state index in [1.54, 1.807) is 72.8 Å². The van der Waals surface area contributed by atoms with Crippen molar-refractivity contribution in [2.75, 3.05) is 13.1 Å². The fraction of sp³-hybridized carbons (Fsp3) is 0.185. The second kappa shape index (κ2) is 21.3. The first-order valence-corrected chi connectivity index (χ1v) is 27.1. The van der Waals surface area contributed by atoms with Crippen molar-refractivity contribution in [2.45, 2.75) is 56.3 Å². The Bertz CT molecular complexity index is 4030. The van der Waals surface area contributed by atoms with Crippen LogP contribution in [-0.2, 0) is 52.9 Å². The van der Waals surface area contributed by atoms with Crippen molar-refractivity contribution < 1.29 is 63.5 Å². The van der Waals surface area contributed by atoms with Gasteiger partial charge in [-0.15, -0.1) is 0 Å². The number of nitrogens with one attached hydrogen (secondary N) is 2. The van der Waals surface area contributed by atoms with E-state index >= 15 is 0 Å². The number of carbonyl (C=O) groups excluding carboxylic acids is 2. The number of fused-ring (bicyclic) bond motifs is 20. The van der Waals surface area contributed by atoms with Crippen LogP contribution in [0.1, 0.15) is 68.7 Å². The van der Waals surface area contributed by atoms with E-state index in [4.69, 9.17) is 39.9 Å². The molecule has 3 aromatic heterocycles. The van der Waals surface area contributed by atoms with Gasteiger partial charge in [-0.05, 0) is 133 Å². The first kappa shape index (κ1) is 52.6. The molecule has 1 aliphatic carbocycles. The summed E-state index contributed by atoms with van der Waals surface area (Å²) >= 11 is 0. The summed E-state index contributed by atoms with van der Waals surface area (Å²) in [5.41, 5.74) is 5.07. The Kier molecular flexibility index (Phi) is 14.5. The standard InChI is InChI=1S/C54H48N10O10S2.Fe/c65-32-12-5-10-29(24-32)8-1-3-22-55-53(67)31-16-19-36-41(26-31)49-58-45(36)59-50-42-27-34(75(69,70)71)17-20-37(42)46(60-50)57-48-39-14-7-15-40(54(68)56-23-4-2-9-30-11-6-13-33(66)25-30)44(39)52(64-48)63-47-38-21-18-35(76(72,73)74)28-43(38)51(61-47)62-49;/h5-7,10-19,21,24-26,28H,1-4,8-9,20,22-23,27H2,(H10,55,56,57,58,59,60,61,62,63,64,65,66,67,68,69,70,71,72,73,74);/q;+2/p-2. The number of phenolic OH excluding ortho intramolecular Hbond substituents is 2. The minimum atomic E-state index is -4.74. The van der Waals surface area contributed by atoms with E-state index < -0.39 is 31.8 Å². The Morgan fingerprint density at radius 3 is 1.82 bits per heavy atom. The van der Waals surface area contributed by atoms with Crippen LogP contribution in [0.25, 0.3) is 78.9 Å². The van der Waals surface area contributed by atoms with E-state index in [0.29, 0.717) is 77.5 Å². The van der Waals surface area contributed by atoms with Crippen molar-refractivity contribution in [3.8, 4) is 57.1 Å². The van der Waals surface area contributed by atoms with Crippen molar-refractivity contribution in [2.24, 2.45) is 0 Å². The normalized spacial score (nSPS) is 13.0. The molecular weight excluding hydrogens is 1070 g/mol. The number of allylic oxidation sites excluding steroid dienone is 2. The molecule has 0 spiro atoms. The fourth-order valence-corrected chi connectivity index (χ4v) is 10.7. The summed E-state index contributed by atoms with van der Waals surface area (Å²) in [4.78, 5) is 66.5. The van der Waals surface area contributed by atoms with Gasteiger partial charge in [0.25, 0.3) is 21.9 Å². The van der Waals surface area contributed by atoms with Crippen LogP contribution in [-0.4, -0.2) is 91.6 Å². The fourth-order valence-electron chi connectivity index (χ4n) is 9.56. The first-order chi connectivity index (χ1) is 36.5. The molecule has 0 saturated carbocycles. The molecule has 0 radical (unpaired) electrons. The largest absolute Gasteiger partial charge is 2.00 e. The quantitative estimate of drug-likeness (QED) is 0.0288. The number of hydrogen-bond acceptors (Lipinski definition) is 15. The topological polar surface area (TPSA) is 319 Å². The number of aryl methyl sites for hydroxylation is 2. The maximum atomic E-state index is 14.2. The zero-order valence-electron chi connectivity index (χ0n) is 40.5. The second-order valence-corrected chi connectivity index (χ2v) is 21.4. The number of unbranched alkanes of at least 4 members (excludes halogenated alkanes) is 2. The molecule has 392 valence electrons. The molecule has 8 N–H and O–H groups in total. The van der Waals surface area contributed by atoms with Crippen molar-refractivity contribution in [3.05, 3.63) is 147 Å². The third-order valence-electron chi connectivity index (χ3n) is 13.3. The second-order valence-electron chi connectivity index (χ2n) is 18.4. The third kappa shape index (κ3) is 10.9. The Morgan fingerprint density at radius 1 is 0.558 bits per heavy atom. The van der Waals surface area contributed by atoms with E-state index in [0.717, 1.165) is 24.0 Å². The summed E-state index contributed by atoms with van der Waals surface area (Å²) in [7, 11) is -8.88. The molecule has 0 unspecified atom stereocenters. The smallest absolute Gasteiger partial charge is 0.508 e. The molecule has 5 heterocycles. The number of hydrogen-bond donors (Lipinski definition) is 8. The summed E-state index contributed by atoms with van der Waals surface area (Å²) in [6, 6.07) is 27.7. The molecular formula is C54H46FeN10O10S2. The Labute approximate surface area is 451 Å². The summed E-state index contributed by atoms with van der Waals surface area (Å²) in [6.45, 7) is 0.685. The van der Waals surface area contributed by atoms with Crippen LogP contribution < -0.4 is 20.6 Å². The van der Waals surface area contributed by atoms with Crippen molar-refractivity contribution in [3.63, 3.8) is 0 Å². The predicted octanol–water partition coefficient (Wildman–Crippen LogP) is 8.34. The van der Waals surface area contributed by atoms with Crippen molar-refractivity contribution >= 4 is 66.2 Å². The average molecular weight is 1120 g/mol. The Morgan fingerprint density at radius 2 is 1.14 bits per heavy atom. The molecule has 0 saturated heterocycles. The molecule has 5 aromatic carbocycles. The number of carbonyl (C=O) groups is 2. The zero-order chi connectivity index (χ0) is 52.9. The van der Waals surface area contributed by atoms with Crippen molar-refractivity contribution in [1.29, 1.82) is 0 Å². The van der Waals surface area contributed by atoms with Gasteiger partial charge in [-0.25, -0.2) is 9.97 Å². The summed E-state index contributed by atoms with van der Waals surface area (Å²) in [5.74, 6) is -0.200. The van der Waals surface area contributed by atoms with Gasteiger partial charge in [0.15, 0.2) is 0 Å². The van der Waals surface area contributed by atoms with Gasteiger partial charge in [0, 0.05) is 80.4 Å². The molecule has 23 heteroatoms. The molecule has 0 atom stereocenters. The van der Waals surface area contributed by atoms with Crippen LogP contribution in [0.4, 0.5) is 0 Å². The van der Waals surface area contributed by atoms with Crippen LogP contribution in [0, 0.1) is 0 Å². The van der Waals surface area contributed by atoms with Crippen LogP contribution in [0.2, 0.25) is 0 Å². The monoisotopic (exact) mass is 1110 g/mol. The van der Waals surface area contributed by atoms with Gasteiger partial charge in [0.05, 0.1) is 28.2 Å². The molecule has 2 amide bonds. The number of amides is 2.